The summed E-state index contributed by atoms with van der Waals surface area (Å²) < 4.78 is 1.14. The van der Waals surface area contributed by atoms with Crippen LogP contribution in [0, 0.1) is 0 Å². The van der Waals surface area contributed by atoms with E-state index in [0.717, 1.165) is 36.9 Å². The van der Waals surface area contributed by atoms with Crippen molar-refractivity contribution in [2.75, 3.05) is 20.1 Å². The summed E-state index contributed by atoms with van der Waals surface area (Å²) in [5.41, 5.74) is 1.34. The number of piperidine rings is 1. The molecule has 1 fully saturated rings. The second kappa shape index (κ2) is 6.53. The second-order valence-corrected chi connectivity index (χ2v) is 6.18. The number of carbonyl (C=O) groups excluding carboxylic acids is 1. The molecule has 1 saturated heterocycles. The van der Waals surface area contributed by atoms with Gasteiger partial charge in [0.15, 0.2) is 0 Å². The third-order valence-electron chi connectivity index (χ3n) is 3.90. The zero-order valence-corrected chi connectivity index (χ0v) is 13.2. The highest BCUT2D eigenvalue weighted by Gasteiger charge is 2.23. The van der Waals surface area contributed by atoms with Crippen molar-refractivity contribution in [3.63, 3.8) is 0 Å². The predicted molar refractivity (Wildman–Crippen MR) is 80.9 cm³/mol. The van der Waals surface area contributed by atoms with Crippen LogP contribution in [0.4, 0.5) is 0 Å². The molecular weight excluding hydrogens is 304 g/mol. The quantitative estimate of drug-likeness (QED) is 0.853. The van der Waals surface area contributed by atoms with Gasteiger partial charge in [0.1, 0.15) is 0 Å². The summed E-state index contributed by atoms with van der Waals surface area (Å²) in [6.45, 7) is 4.77. The molecule has 1 amide bonds. The molecule has 0 atom stereocenters. The highest BCUT2D eigenvalue weighted by Crippen LogP contribution is 2.19. The van der Waals surface area contributed by atoms with Gasteiger partial charge < -0.3 is 4.90 Å². The topological polar surface area (TPSA) is 23.6 Å². The molecule has 0 radical (unpaired) electrons. The van der Waals surface area contributed by atoms with Gasteiger partial charge >= 0.3 is 0 Å². The van der Waals surface area contributed by atoms with Crippen LogP contribution in [0.3, 0.4) is 0 Å². The minimum Gasteiger partial charge on any atom is -0.343 e. The van der Waals surface area contributed by atoms with Crippen molar-refractivity contribution in [3.05, 3.63) is 34.3 Å². The lowest BCUT2D eigenvalue weighted by Crippen LogP contribution is -2.44. The number of hydrogen-bond donors (Lipinski definition) is 0. The molecule has 1 heterocycles. The molecule has 104 valence electrons. The van der Waals surface area contributed by atoms with E-state index < -0.39 is 0 Å². The van der Waals surface area contributed by atoms with Gasteiger partial charge in [-0.25, -0.2) is 0 Å². The number of halogens is 1. The van der Waals surface area contributed by atoms with E-state index in [4.69, 9.17) is 0 Å². The summed E-state index contributed by atoms with van der Waals surface area (Å²) in [7, 11) is 1.91. The first-order valence-corrected chi connectivity index (χ1v) is 7.56. The van der Waals surface area contributed by atoms with Crippen molar-refractivity contribution in [2.24, 2.45) is 0 Å². The van der Waals surface area contributed by atoms with Crippen molar-refractivity contribution in [2.45, 2.75) is 32.4 Å². The lowest BCUT2D eigenvalue weighted by atomic mass is 10.0. The molecule has 0 spiro atoms. The van der Waals surface area contributed by atoms with Gasteiger partial charge in [-0.05, 0) is 30.5 Å². The van der Waals surface area contributed by atoms with Crippen molar-refractivity contribution in [1.29, 1.82) is 0 Å². The van der Waals surface area contributed by atoms with Gasteiger partial charge in [-0.15, -0.1) is 0 Å². The largest absolute Gasteiger partial charge is 0.343 e. The summed E-state index contributed by atoms with van der Waals surface area (Å²) in [6, 6.07) is 8.89. The lowest BCUT2D eigenvalue weighted by molar-refractivity contribution is -0.130. The Balaban J connectivity index is 1.85. The standard InChI is InChI=1S/C15H21BrN2O/c1-12(19)17(2)15-6-8-18(9-7-15)11-13-4-3-5-14(16)10-13/h3-5,10,15H,6-9,11H2,1-2H3. The fraction of sp³-hybridized carbons (Fsp3) is 0.533. The van der Waals surface area contributed by atoms with Gasteiger partial charge in [0.2, 0.25) is 5.91 Å². The molecule has 0 aromatic heterocycles. The third kappa shape index (κ3) is 4.05. The van der Waals surface area contributed by atoms with Crippen LogP contribution in [0.25, 0.3) is 0 Å². The van der Waals surface area contributed by atoms with E-state index in [2.05, 4.69) is 45.1 Å². The van der Waals surface area contributed by atoms with Crippen LogP contribution in [0.2, 0.25) is 0 Å². The Kier molecular flexibility index (Phi) is 4.99. The lowest BCUT2D eigenvalue weighted by Gasteiger charge is -2.36. The van der Waals surface area contributed by atoms with Gasteiger partial charge in [-0.3, -0.25) is 9.69 Å². The molecular formula is C15H21BrN2O. The molecule has 0 bridgehead atoms. The zero-order chi connectivity index (χ0) is 13.8. The Morgan fingerprint density at radius 1 is 1.42 bits per heavy atom. The Labute approximate surface area is 123 Å². The summed E-state index contributed by atoms with van der Waals surface area (Å²) in [6.07, 6.45) is 2.15. The number of hydrogen-bond acceptors (Lipinski definition) is 2. The minimum absolute atomic E-state index is 0.172. The Morgan fingerprint density at radius 2 is 2.11 bits per heavy atom. The summed E-state index contributed by atoms with van der Waals surface area (Å²) in [5.74, 6) is 0.172. The monoisotopic (exact) mass is 324 g/mol. The first kappa shape index (κ1) is 14.5. The molecule has 1 aliphatic heterocycles. The number of likely N-dealkylation sites (tertiary alicyclic amines) is 1. The van der Waals surface area contributed by atoms with Crippen LogP contribution >= 0.6 is 15.9 Å². The molecule has 0 saturated carbocycles. The van der Waals surface area contributed by atoms with E-state index in [-0.39, 0.29) is 5.91 Å². The molecule has 0 unspecified atom stereocenters. The van der Waals surface area contributed by atoms with Crippen molar-refractivity contribution < 1.29 is 4.79 Å². The number of amides is 1. The number of benzene rings is 1. The van der Waals surface area contributed by atoms with Crippen LogP contribution in [0.5, 0.6) is 0 Å². The van der Waals surface area contributed by atoms with Gasteiger partial charge in [-0.2, -0.15) is 0 Å². The van der Waals surface area contributed by atoms with Crippen LogP contribution < -0.4 is 0 Å². The van der Waals surface area contributed by atoms with Crippen molar-refractivity contribution in [1.82, 2.24) is 9.80 Å². The first-order chi connectivity index (χ1) is 9.06. The summed E-state index contributed by atoms with van der Waals surface area (Å²) in [4.78, 5) is 15.7. The van der Waals surface area contributed by atoms with Crippen molar-refractivity contribution >= 4 is 21.8 Å². The molecule has 0 N–H and O–H groups in total. The number of rotatable bonds is 3. The molecule has 19 heavy (non-hydrogen) atoms. The first-order valence-electron chi connectivity index (χ1n) is 6.76. The Hall–Kier alpha value is -0.870. The van der Waals surface area contributed by atoms with E-state index in [9.17, 15) is 4.79 Å². The average molecular weight is 325 g/mol. The molecule has 1 aromatic carbocycles. The van der Waals surface area contributed by atoms with E-state index in [1.54, 1.807) is 6.92 Å². The van der Waals surface area contributed by atoms with Crippen LogP contribution in [-0.2, 0) is 11.3 Å². The van der Waals surface area contributed by atoms with Crippen LogP contribution in [0.1, 0.15) is 25.3 Å². The maximum Gasteiger partial charge on any atom is 0.219 e. The van der Waals surface area contributed by atoms with Gasteiger partial charge in [0.05, 0.1) is 0 Å². The van der Waals surface area contributed by atoms with Crippen LogP contribution in [0.15, 0.2) is 28.7 Å². The van der Waals surface area contributed by atoms with E-state index in [1.807, 2.05) is 11.9 Å². The third-order valence-corrected chi connectivity index (χ3v) is 4.39. The molecule has 1 aliphatic rings. The number of carbonyl (C=O) groups is 1. The fourth-order valence-corrected chi connectivity index (χ4v) is 3.06. The fourth-order valence-electron chi connectivity index (χ4n) is 2.62. The smallest absolute Gasteiger partial charge is 0.219 e. The van der Waals surface area contributed by atoms with Gasteiger partial charge in [0.25, 0.3) is 0 Å². The van der Waals surface area contributed by atoms with Crippen molar-refractivity contribution in [3.8, 4) is 0 Å². The normalized spacial score (nSPS) is 17.4. The molecule has 3 nitrogen and oxygen atoms in total. The molecule has 4 heteroatoms. The second-order valence-electron chi connectivity index (χ2n) is 5.27. The van der Waals surface area contributed by atoms with Gasteiger partial charge in [0, 0.05) is 44.1 Å². The average Bonchev–Trinajstić information content (AvgIpc) is 2.39. The van der Waals surface area contributed by atoms with Crippen LogP contribution in [-0.4, -0.2) is 41.9 Å². The Morgan fingerprint density at radius 3 is 2.68 bits per heavy atom. The molecule has 2 rings (SSSR count). The molecule has 1 aromatic rings. The Bertz CT molecular complexity index is 442. The summed E-state index contributed by atoms with van der Waals surface area (Å²) >= 11 is 3.51. The maximum absolute atomic E-state index is 11.4. The van der Waals surface area contributed by atoms with E-state index in [1.165, 1.54) is 5.56 Å². The molecule has 0 aliphatic carbocycles. The number of nitrogens with zero attached hydrogens (tertiary/aromatic N) is 2. The maximum atomic E-state index is 11.4. The summed E-state index contributed by atoms with van der Waals surface area (Å²) in [5, 5.41) is 0. The zero-order valence-electron chi connectivity index (χ0n) is 11.6. The minimum atomic E-state index is 0.172. The predicted octanol–water partition coefficient (Wildman–Crippen LogP) is 2.89. The van der Waals surface area contributed by atoms with Gasteiger partial charge in [-0.1, -0.05) is 28.1 Å². The highest BCUT2D eigenvalue weighted by atomic mass is 79.9. The highest BCUT2D eigenvalue weighted by molar-refractivity contribution is 9.10. The van der Waals surface area contributed by atoms with E-state index >= 15 is 0 Å². The van der Waals surface area contributed by atoms with E-state index in [0.29, 0.717) is 6.04 Å². The SMILES string of the molecule is CC(=O)N(C)C1CCN(Cc2cccc(Br)c2)CC1.